The van der Waals surface area contributed by atoms with Gasteiger partial charge in [0, 0.05) is 24.2 Å². The quantitative estimate of drug-likeness (QED) is 0.423. The first-order valence-electron chi connectivity index (χ1n) is 8.53. The van der Waals surface area contributed by atoms with Gasteiger partial charge in [-0.05, 0) is 35.4 Å². The van der Waals surface area contributed by atoms with Gasteiger partial charge in [0.2, 0.25) is 5.91 Å². The monoisotopic (exact) mass is 416 g/mol. The Morgan fingerprint density at radius 3 is 2.43 bits per heavy atom. The fraction of sp³-hybridized carbons (Fsp3) is 0.150. The van der Waals surface area contributed by atoms with E-state index in [9.17, 15) is 9.18 Å². The van der Waals surface area contributed by atoms with Crippen LogP contribution in [0.4, 0.5) is 10.2 Å². The van der Waals surface area contributed by atoms with Crippen LogP contribution < -0.4 is 10.6 Å². The number of carbonyl (C=O) groups excluding carboxylic acids is 1. The van der Waals surface area contributed by atoms with Crippen molar-refractivity contribution < 1.29 is 9.18 Å². The SMILES string of the molecule is O=C(CSc1cc(NCc2ccc(Cl)cc2)ncn1)NCc1ccc(F)cc1. The van der Waals surface area contributed by atoms with E-state index in [2.05, 4.69) is 20.6 Å². The number of anilines is 1. The van der Waals surface area contributed by atoms with Gasteiger partial charge in [-0.15, -0.1) is 0 Å². The van der Waals surface area contributed by atoms with Crippen molar-refractivity contribution in [3.05, 3.63) is 82.9 Å². The molecule has 0 aliphatic carbocycles. The molecule has 8 heteroatoms. The molecule has 0 radical (unpaired) electrons. The molecule has 2 N–H and O–H groups in total. The zero-order chi connectivity index (χ0) is 19.8. The fourth-order valence-corrected chi connectivity index (χ4v) is 3.13. The molecule has 3 aromatic rings. The van der Waals surface area contributed by atoms with Crippen molar-refractivity contribution in [2.24, 2.45) is 0 Å². The van der Waals surface area contributed by atoms with Crippen LogP contribution in [-0.4, -0.2) is 21.6 Å². The second-order valence-electron chi connectivity index (χ2n) is 5.91. The summed E-state index contributed by atoms with van der Waals surface area (Å²) in [6.45, 7) is 0.966. The zero-order valence-corrected chi connectivity index (χ0v) is 16.4. The van der Waals surface area contributed by atoms with Crippen LogP contribution in [0.2, 0.25) is 5.02 Å². The van der Waals surface area contributed by atoms with Gasteiger partial charge < -0.3 is 10.6 Å². The highest BCUT2D eigenvalue weighted by Crippen LogP contribution is 2.18. The number of hydrogen-bond donors (Lipinski definition) is 2. The van der Waals surface area contributed by atoms with Crippen molar-refractivity contribution >= 4 is 35.1 Å². The van der Waals surface area contributed by atoms with E-state index in [0.717, 1.165) is 11.1 Å². The summed E-state index contributed by atoms with van der Waals surface area (Å²) in [5, 5.41) is 7.42. The molecule has 0 unspecified atom stereocenters. The molecule has 0 saturated carbocycles. The Kier molecular flexibility index (Phi) is 7.22. The summed E-state index contributed by atoms with van der Waals surface area (Å²) >= 11 is 7.21. The van der Waals surface area contributed by atoms with Crippen LogP contribution in [0.1, 0.15) is 11.1 Å². The van der Waals surface area contributed by atoms with Crippen molar-refractivity contribution in [2.75, 3.05) is 11.1 Å². The summed E-state index contributed by atoms with van der Waals surface area (Å²) in [6.07, 6.45) is 1.46. The number of carbonyl (C=O) groups is 1. The van der Waals surface area contributed by atoms with E-state index in [1.807, 2.05) is 24.3 Å². The lowest BCUT2D eigenvalue weighted by Crippen LogP contribution is -2.24. The summed E-state index contributed by atoms with van der Waals surface area (Å²) in [6, 6.07) is 15.4. The highest BCUT2D eigenvalue weighted by atomic mass is 35.5. The third kappa shape index (κ3) is 6.51. The van der Waals surface area contributed by atoms with Gasteiger partial charge in [-0.3, -0.25) is 4.79 Å². The van der Waals surface area contributed by atoms with Crippen molar-refractivity contribution in [3.63, 3.8) is 0 Å². The first kappa shape index (κ1) is 20.1. The lowest BCUT2D eigenvalue weighted by molar-refractivity contribution is -0.118. The van der Waals surface area contributed by atoms with Gasteiger partial charge >= 0.3 is 0 Å². The smallest absolute Gasteiger partial charge is 0.230 e. The Balaban J connectivity index is 1.45. The molecule has 1 heterocycles. The molecule has 1 amide bonds. The van der Waals surface area contributed by atoms with E-state index >= 15 is 0 Å². The van der Waals surface area contributed by atoms with Crippen molar-refractivity contribution in [3.8, 4) is 0 Å². The molecule has 28 heavy (non-hydrogen) atoms. The van der Waals surface area contributed by atoms with Gasteiger partial charge in [0.25, 0.3) is 0 Å². The topological polar surface area (TPSA) is 66.9 Å². The number of thioether (sulfide) groups is 1. The molecule has 5 nitrogen and oxygen atoms in total. The summed E-state index contributed by atoms with van der Waals surface area (Å²) in [4.78, 5) is 20.4. The predicted octanol–water partition coefficient (Wildman–Crippen LogP) is 4.29. The molecule has 0 aliphatic heterocycles. The van der Waals surface area contributed by atoms with Gasteiger partial charge in [-0.25, -0.2) is 14.4 Å². The highest BCUT2D eigenvalue weighted by molar-refractivity contribution is 7.99. The minimum absolute atomic E-state index is 0.122. The molecular weight excluding hydrogens is 399 g/mol. The Morgan fingerprint density at radius 2 is 1.68 bits per heavy atom. The molecule has 0 saturated heterocycles. The zero-order valence-electron chi connectivity index (χ0n) is 14.9. The summed E-state index contributed by atoms with van der Waals surface area (Å²) < 4.78 is 12.9. The van der Waals surface area contributed by atoms with Crippen LogP contribution >= 0.6 is 23.4 Å². The normalized spacial score (nSPS) is 10.5. The van der Waals surface area contributed by atoms with Crippen LogP contribution in [0.3, 0.4) is 0 Å². The maximum absolute atomic E-state index is 12.9. The average Bonchev–Trinajstić information content (AvgIpc) is 2.72. The molecule has 144 valence electrons. The molecule has 1 aromatic heterocycles. The van der Waals surface area contributed by atoms with Gasteiger partial charge in [-0.2, -0.15) is 0 Å². The summed E-state index contributed by atoms with van der Waals surface area (Å²) in [7, 11) is 0. The van der Waals surface area contributed by atoms with Crippen molar-refractivity contribution in [1.82, 2.24) is 15.3 Å². The van der Waals surface area contributed by atoms with E-state index < -0.39 is 0 Å². The lowest BCUT2D eigenvalue weighted by atomic mass is 10.2. The Labute approximate surface area is 171 Å². The van der Waals surface area contributed by atoms with Crippen LogP contribution in [0, 0.1) is 5.82 Å². The van der Waals surface area contributed by atoms with E-state index in [0.29, 0.717) is 29.0 Å². The number of benzene rings is 2. The number of halogens is 2. The largest absolute Gasteiger partial charge is 0.366 e. The minimum Gasteiger partial charge on any atom is -0.366 e. The van der Waals surface area contributed by atoms with Gasteiger partial charge in [0.1, 0.15) is 23.0 Å². The van der Waals surface area contributed by atoms with Gasteiger partial charge in [0.15, 0.2) is 0 Å². The van der Waals surface area contributed by atoms with E-state index in [1.54, 1.807) is 18.2 Å². The van der Waals surface area contributed by atoms with E-state index in [4.69, 9.17) is 11.6 Å². The minimum atomic E-state index is -0.296. The standard InChI is InChI=1S/C20H18ClFN4OS/c21-16-5-1-14(2-6-16)10-23-18-9-20(26-13-25-18)28-12-19(27)24-11-15-3-7-17(22)8-4-15/h1-9,13H,10-12H2,(H,24,27)(H,23,25,26). The molecule has 0 fully saturated rings. The van der Waals surface area contributed by atoms with Crippen LogP contribution in [0.15, 0.2) is 66.0 Å². The van der Waals surface area contributed by atoms with Crippen LogP contribution in [0.25, 0.3) is 0 Å². The highest BCUT2D eigenvalue weighted by Gasteiger charge is 2.06. The number of nitrogens with zero attached hydrogens (tertiary/aromatic N) is 2. The molecule has 0 bridgehead atoms. The Hall–Kier alpha value is -2.64. The number of nitrogens with one attached hydrogen (secondary N) is 2. The fourth-order valence-electron chi connectivity index (χ4n) is 2.30. The average molecular weight is 417 g/mol. The molecule has 0 aliphatic rings. The second-order valence-corrected chi connectivity index (χ2v) is 7.35. The van der Waals surface area contributed by atoms with Gasteiger partial charge in [0.05, 0.1) is 5.75 Å². The van der Waals surface area contributed by atoms with Crippen molar-refractivity contribution in [1.29, 1.82) is 0 Å². The third-order valence-corrected chi connectivity index (χ3v) is 4.96. The first-order chi connectivity index (χ1) is 13.6. The molecule has 0 atom stereocenters. The number of amides is 1. The molecule has 3 rings (SSSR count). The predicted molar refractivity (Wildman–Crippen MR) is 110 cm³/mol. The van der Waals surface area contributed by atoms with E-state index in [-0.39, 0.29) is 17.5 Å². The molecule has 2 aromatic carbocycles. The summed E-state index contributed by atoms with van der Waals surface area (Å²) in [5.74, 6) is 0.493. The van der Waals surface area contributed by atoms with Gasteiger partial charge in [-0.1, -0.05) is 47.6 Å². The maximum Gasteiger partial charge on any atom is 0.230 e. The summed E-state index contributed by atoms with van der Waals surface area (Å²) in [5.41, 5.74) is 1.92. The van der Waals surface area contributed by atoms with Crippen LogP contribution in [-0.2, 0) is 17.9 Å². The number of hydrogen-bond acceptors (Lipinski definition) is 5. The second kappa shape index (κ2) is 10.1. The molecule has 0 spiro atoms. The van der Waals surface area contributed by atoms with Crippen molar-refractivity contribution in [2.45, 2.75) is 18.1 Å². The Morgan fingerprint density at radius 1 is 1.00 bits per heavy atom. The molecular formula is C20H18ClFN4OS. The number of rotatable bonds is 8. The first-order valence-corrected chi connectivity index (χ1v) is 9.89. The lowest BCUT2D eigenvalue weighted by Gasteiger charge is -2.08. The van der Waals surface area contributed by atoms with Crippen LogP contribution in [0.5, 0.6) is 0 Å². The Bertz CT molecular complexity index is 922. The number of aromatic nitrogens is 2. The van der Waals surface area contributed by atoms with E-state index in [1.165, 1.54) is 30.2 Å². The third-order valence-electron chi connectivity index (χ3n) is 3.78. The maximum atomic E-state index is 12.9.